The molecule has 4 rings (SSSR count). The number of amides is 1. The molecule has 1 aromatic carbocycles. The van der Waals surface area contributed by atoms with Crippen molar-refractivity contribution in [1.29, 1.82) is 0 Å². The number of carbonyl (C=O) groups excluding carboxylic acids is 1. The van der Waals surface area contributed by atoms with Gasteiger partial charge in [0, 0.05) is 57.4 Å². The minimum Gasteiger partial charge on any atom is -0.481 e. The monoisotopic (exact) mass is 371 g/mol. The van der Waals surface area contributed by atoms with Gasteiger partial charge in [-0.3, -0.25) is 14.5 Å². The Morgan fingerprint density at radius 3 is 2.59 bits per heavy atom. The number of nitrogens with zero attached hydrogens (tertiary/aromatic N) is 3. The number of carbonyl (C=O) groups is 2. The molecule has 0 bridgehead atoms. The number of aryl methyl sites for hydroxylation is 1. The minimum atomic E-state index is -0.994. The second kappa shape index (κ2) is 6.49. The minimum absolute atomic E-state index is 0.141. The summed E-state index contributed by atoms with van der Waals surface area (Å²) in [5, 5.41) is 9.95. The quantitative estimate of drug-likeness (QED) is 0.891. The number of fused-ring (bicyclic) bond motifs is 1. The Morgan fingerprint density at radius 1 is 1.19 bits per heavy atom. The molecule has 0 saturated carbocycles. The van der Waals surface area contributed by atoms with Gasteiger partial charge in [0.2, 0.25) is 0 Å². The van der Waals surface area contributed by atoms with Crippen LogP contribution in [0.3, 0.4) is 0 Å². The van der Waals surface area contributed by atoms with E-state index in [2.05, 4.69) is 0 Å². The highest BCUT2D eigenvalue weighted by Gasteiger charge is 2.58. The van der Waals surface area contributed by atoms with Gasteiger partial charge in [-0.25, -0.2) is 4.39 Å². The van der Waals surface area contributed by atoms with Crippen LogP contribution in [0, 0.1) is 17.2 Å². The van der Waals surface area contributed by atoms with E-state index in [1.807, 2.05) is 4.90 Å². The molecule has 2 aliphatic rings. The number of carboxylic acids is 1. The van der Waals surface area contributed by atoms with Gasteiger partial charge in [-0.15, -0.1) is 0 Å². The number of aromatic nitrogens is 1. The molecule has 3 heterocycles. The summed E-state index contributed by atoms with van der Waals surface area (Å²) in [6.45, 7) is 1.83. The molecule has 0 aliphatic carbocycles. The molecule has 2 aliphatic heterocycles. The maximum absolute atomic E-state index is 14.0. The third-order valence-corrected chi connectivity index (χ3v) is 5.91. The van der Waals surface area contributed by atoms with Gasteiger partial charge < -0.3 is 14.6 Å². The molecule has 0 unspecified atom stereocenters. The van der Waals surface area contributed by atoms with E-state index in [1.165, 1.54) is 6.07 Å². The normalized spacial score (nSPS) is 25.0. The third-order valence-electron chi connectivity index (χ3n) is 5.91. The summed E-state index contributed by atoms with van der Waals surface area (Å²) in [5.41, 5.74) is 0.125. The number of rotatable bonds is 4. The fraction of sp³-hybridized carbons (Fsp3) is 0.400. The Hall–Kier alpha value is -2.67. The summed E-state index contributed by atoms with van der Waals surface area (Å²) >= 11 is 0. The standard InChI is InChI=1S/C20H22FN3O3/c1-22-8-4-7-17(22)18(25)24-11-15-10-23(12-20(15,13-24)19(26)27)9-14-5-2-3-6-16(14)21/h2-8,15H,9-13H2,1H3,(H,26,27)/t15-,20-/m0/s1. The fourth-order valence-electron chi connectivity index (χ4n) is 4.46. The summed E-state index contributed by atoms with van der Waals surface area (Å²) in [7, 11) is 1.80. The van der Waals surface area contributed by atoms with Crippen LogP contribution >= 0.6 is 0 Å². The summed E-state index contributed by atoms with van der Waals surface area (Å²) < 4.78 is 15.7. The zero-order chi connectivity index (χ0) is 19.2. The second-order valence-electron chi connectivity index (χ2n) is 7.61. The lowest BCUT2D eigenvalue weighted by molar-refractivity contribution is -0.148. The van der Waals surface area contributed by atoms with Crippen molar-refractivity contribution in [2.45, 2.75) is 6.54 Å². The van der Waals surface area contributed by atoms with Gasteiger partial charge in [0.25, 0.3) is 5.91 Å². The smallest absolute Gasteiger partial charge is 0.313 e. The van der Waals surface area contributed by atoms with Crippen molar-refractivity contribution in [3.8, 4) is 0 Å². The highest BCUT2D eigenvalue weighted by Crippen LogP contribution is 2.43. The van der Waals surface area contributed by atoms with Crippen LogP contribution < -0.4 is 0 Å². The average Bonchev–Trinajstić information content (AvgIpc) is 3.29. The lowest BCUT2D eigenvalue weighted by atomic mass is 9.81. The maximum Gasteiger partial charge on any atom is 0.313 e. The lowest BCUT2D eigenvalue weighted by Crippen LogP contribution is -2.42. The first kappa shape index (κ1) is 17.7. The Kier molecular flexibility index (Phi) is 4.26. The number of halogens is 1. The van der Waals surface area contributed by atoms with Gasteiger partial charge in [-0.05, 0) is 18.2 Å². The summed E-state index contributed by atoms with van der Waals surface area (Å²) in [6.07, 6.45) is 1.80. The maximum atomic E-state index is 14.0. The second-order valence-corrected chi connectivity index (χ2v) is 7.61. The van der Waals surface area contributed by atoms with Crippen molar-refractivity contribution in [2.24, 2.45) is 18.4 Å². The number of benzene rings is 1. The molecule has 142 valence electrons. The van der Waals surface area contributed by atoms with Gasteiger partial charge in [-0.1, -0.05) is 18.2 Å². The lowest BCUT2D eigenvalue weighted by Gasteiger charge is -2.25. The van der Waals surface area contributed by atoms with Crippen molar-refractivity contribution >= 4 is 11.9 Å². The fourth-order valence-corrected chi connectivity index (χ4v) is 4.46. The van der Waals surface area contributed by atoms with Crippen molar-refractivity contribution < 1.29 is 19.1 Å². The van der Waals surface area contributed by atoms with Gasteiger partial charge in [0.1, 0.15) is 16.9 Å². The number of hydrogen-bond acceptors (Lipinski definition) is 3. The number of hydrogen-bond donors (Lipinski definition) is 1. The van der Waals surface area contributed by atoms with Gasteiger partial charge in [0.15, 0.2) is 0 Å². The molecule has 7 heteroatoms. The Morgan fingerprint density at radius 2 is 1.96 bits per heavy atom. The van der Waals surface area contributed by atoms with Crippen LogP contribution in [0.4, 0.5) is 4.39 Å². The third kappa shape index (κ3) is 2.92. The molecule has 2 saturated heterocycles. The molecular formula is C20H22FN3O3. The topological polar surface area (TPSA) is 65.8 Å². The van der Waals surface area contributed by atoms with E-state index in [-0.39, 0.29) is 24.2 Å². The van der Waals surface area contributed by atoms with Crippen molar-refractivity contribution in [1.82, 2.24) is 14.4 Å². The van der Waals surface area contributed by atoms with Gasteiger partial charge >= 0.3 is 5.97 Å². The Balaban J connectivity index is 1.52. The Bertz CT molecular complexity index is 896. The number of likely N-dealkylation sites (tertiary alicyclic amines) is 2. The van der Waals surface area contributed by atoms with E-state index in [0.29, 0.717) is 37.4 Å². The molecule has 0 radical (unpaired) electrons. The molecule has 1 N–H and O–H groups in total. The van der Waals surface area contributed by atoms with E-state index < -0.39 is 11.4 Å². The zero-order valence-corrected chi connectivity index (χ0v) is 15.1. The molecule has 6 nitrogen and oxygen atoms in total. The zero-order valence-electron chi connectivity index (χ0n) is 15.1. The summed E-state index contributed by atoms with van der Waals surface area (Å²) in [6, 6.07) is 10.1. The molecule has 2 aromatic rings. The molecule has 2 fully saturated rings. The SMILES string of the molecule is Cn1cccc1C(=O)N1C[C@@H]2CN(Cc3ccccc3F)C[C@]2(C(=O)O)C1. The highest BCUT2D eigenvalue weighted by molar-refractivity contribution is 5.94. The van der Waals surface area contributed by atoms with E-state index in [9.17, 15) is 19.1 Å². The van der Waals surface area contributed by atoms with Crippen LogP contribution in [0.5, 0.6) is 0 Å². The van der Waals surface area contributed by atoms with E-state index >= 15 is 0 Å². The molecule has 2 atom stereocenters. The largest absolute Gasteiger partial charge is 0.481 e. The van der Waals surface area contributed by atoms with Crippen LogP contribution in [0.15, 0.2) is 42.6 Å². The van der Waals surface area contributed by atoms with Crippen LogP contribution in [-0.2, 0) is 18.4 Å². The number of aliphatic carboxylic acids is 1. The van der Waals surface area contributed by atoms with Crippen molar-refractivity contribution in [2.75, 3.05) is 26.2 Å². The molecule has 1 amide bonds. The molecule has 0 spiro atoms. The Labute approximate surface area is 156 Å². The average molecular weight is 371 g/mol. The van der Waals surface area contributed by atoms with Crippen molar-refractivity contribution in [3.63, 3.8) is 0 Å². The molecule has 1 aromatic heterocycles. The van der Waals surface area contributed by atoms with E-state index in [0.717, 1.165) is 0 Å². The van der Waals surface area contributed by atoms with Gasteiger partial charge in [0.05, 0.1) is 0 Å². The molecule has 27 heavy (non-hydrogen) atoms. The highest BCUT2D eigenvalue weighted by atomic mass is 19.1. The van der Waals surface area contributed by atoms with E-state index in [4.69, 9.17) is 0 Å². The van der Waals surface area contributed by atoms with E-state index in [1.54, 1.807) is 53.0 Å². The van der Waals surface area contributed by atoms with Crippen molar-refractivity contribution in [3.05, 3.63) is 59.7 Å². The van der Waals surface area contributed by atoms with Gasteiger partial charge in [-0.2, -0.15) is 0 Å². The van der Waals surface area contributed by atoms with Crippen LogP contribution in [0.1, 0.15) is 16.1 Å². The number of carboxylic acid groups (broad SMARTS) is 1. The first-order valence-corrected chi connectivity index (χ1v) is 9.00. The van der Waals surface area contributed by atoms with Crippen LogP contribution in [0.2, 0.25) is 0 Å². The van der Waals surface area contributed by atoms with Crippen LogP contribution in [-0.4, -0.2) is 57.5 Å². The predicted molar refractivity (Wildman–Crippen MR) is 96.6 cm³/mol. The predicted octanol–water partition coefficient (Wildman–Crippen LogP) is 1.82. The summed E-state index contributed by atoms with van der Waals surface area (Å²) in [4.78, 5) is 28.6. The van der Waals surface area contributed by atoms with Crippen LogP contribution in [0.25, 0.3) is 0 Å². The molecular weight excluding hydrogens is 349 g/mol. The summed E-state index contributed by atoms with van der Waals surface area (Å²) in [5.74, 6) is -1.46. The first-order valence-electron chi connectivity index (χ1n) is 9.00. The first-order chi connectivity index (χ1) is 12.9.